The average molecular weight is 339 g/mol. The Morgan fingerprint density at radius 1 is 1.50 bits per heavy atom. The Labute approximate surface area is 122 Å². The highest BCUT2D eigenvalue weighted by molar-refractivity contribution is 9.10. The third kappa shape index (κ3) is 3.02. The molecule has 1 aromatic heterocycles. The van der Waals surface area contributed by atoms with Crippen molar-refractivity contribution < 1.29 is 4.92 Å². The molecule has 1 heterocycles. The van der Waals surface area contributed by atoms with E-state index in [9.17, 15) is 14.9 Å². The van der Waals surface area contributed by atoms with Gasteiger partial charge in [0.25, 0.3) is 11.2 Å². The molecule has 2 aromatic rings. The van der Waals surface area contributed by atoms with E-state index in [1.54, 1.807) is 19.2 Å². The summed E-state index contributed by atoms with van der Waals surface area (Å²) in [4.78, 5) is 21.9. The molecule has 0 aliphatic carbocycles. The van der Waals surface area contributed by atoms with E-state index in [1.807, 2.05) is 0 Å². The maximum Gasteiger partial charge on any atom is 0.282 e. The van der Waals surface area contributed by atoms with Gasteiger partial charge in [0.15, 0.2) is 0 Å². The minimum absolute atomic E-state index is 0.0328. The van der Waals surface area contributed by atoms with Crippen LogP contribution in [-0.2, 0) is 13.6 Å². The van der Waals surface area contributed by atoms with Gasteiger partial charge in [-0.15, -0.1) is 0 Å². The summed E-state index contributed by atoms with van der Waals surface area (Å²) in [7, 11) is 1.55. The molecule has 0 spiro atoms. The van der Waals surface area contributed by atoms with E-state index in [-0.39, 0.29) is 11.2 Å². The molecule has 1 N–H and O–H groups in total. The fraction of sp³-hybridized carbons (Fsp3) is 0.167. The van der Waals surface area contributed by atoms with Gasteiger partial charge in [-0.2, -0.15) is 5.10 Å². The molecule has 1 aromatic carbocycles. The summed E-state index contributed by atoms with van der Waals surface area (Å²) < 4.78 is 1.59. The summed E-state index contributed by atoms with van der Waals surface area (Å²) in [6, 6.07) is 6.30. The van der Waals surface area contributed by atoms with Gasteiger partial charge >= 0.3 is 0 Å². The van der Waals surface area contributed by atoms with Gasteiger partial charge in [-0.05, 0) is 21.5 Å². The van der Waals surface area contributed by atoms with Gasteiger partial charge in [0.1, 0.15) is 4.47 Å². The fourth-order valence-corrected chi connectivity index (χ4v) is 2.11. The number of benzene rings is 1. The maximum atomic E-state index is 11.7. The van der Waals surface area contributed by atoms with Crippen LogP contribution in [0, 0.1) is 10.1 Å². The molecule has 2 rings (SSSR count). The highest BCUT2D eigenvalue weighted by Gasteiger charge is 2.08. The molecule has 0 fully saturated rings. The number of nitro benzene ring substituents is 1. The molecule has 0 saturated heterocycles. The summed E-state index contributed by atoms with van der Waals surface area (Å²) >= 11 is 3.20. The minimum atomic E-state index is -0.445. The Bertz CT molecular complexity index is 714. The lowest BCUT2D eigenvalue weighted by atomic mass is 10.2. The van der Waals surface area contributed by atoms with Crippen molar-refractivity contribution in [2.45, 2.75) is 6.54 Å². The quantitative estimate of drug-likeness (QED) is 0.680. The molecule has 8 heteroatoms. The number of aryl methyl sites for hydroxylation is 1. The van der Waals surface area contributed by atoms with Crippen molar-refractivity contribution in [3.63, 3.8) is 0 Å². The Morgan fingerprint density at radius 3 is 2.95 bits per heavy atom. The molecular weight excluding hydrogens is 328 g/mol. The number of non-ortho nitro benzene ring substituents is 1. The highest BCUT2D eigenvalue weighted by Crippen LogP contribution is 2.18. The van der Waals surface area contributed by atoms with Crippen molar-refractivity contribution in [2.24, 2.45) is 7.05 Å². The number of nitrogens with zero attached hydrogens (tertiary/aromatic N) is 3. The number of aromatic nitrogens is 2. The van der Waals surface area contributed by atoms with Gasteiger partial charge in [-0.1, -0.05) is 12.1 Å². The summed E-state index contributed by atoms with van der Waals surface area (Å²) in [5.41, 5.74) is 1.06. The predicted molar refractivity (Wildman–Crippen MR) is 77.6 cm³/mol. The second kappa shape index (κ2) is 5.83. The van der Waals surface area contributed by atoms with E-state index in [4.69, 9.17) is 0 Å². The SMILES string of the molecule is Cn1ncc(NCc2cccc([N+](=O)[O-])c2)c(Br)c1=O. The van der Waals surface area contributed by atoms with Crippen molar-refractivity contribution in [1.29, 1.82) is 0 Å². The number of anilines is 1. The Hall–Kier alpha value is -2.22. The largest absolute Gasteiger partial charge is 0.379 e. The lowest BCUT2D eigenvalue weighted by Crippen LogP contribution is -2.21. The fourth-order valence-electron chi connectivity index (χ4n) is 1.61. The van der Waals surface area contributed by atoms with Crippen LogP contribution < -0.4 is 10.9 Å². The lowest BCUT2D eigenvalue weighted by molar-refractivity contribution is -0.384. The van der Waals surface area contributed by atoms with Crippen LogP contribution in [0.5, 0.6) is 0 Å². The molecule has 0 aliphatic rings. The van der Waals surface area contributed by atoms with Crippen LogP contribution >= 0.6 is 15.9 Å². The van der Waals surface area contributed by atoms with E-state index < -0.39 is 4.92 Å². The second-order valence-electron chi connectivity index (χ2n) is 4.08. The van der Waals surface area contributed by atoms with Crippen LogP contribution in [0.25, 0.3) is 0 Å². The van der Waals surface area contributed by atoms with Crippen molar-refractivity contribution in [3.8, 4) is 0 Å². The third-order valence-electron chi connectivity index (χ3n) is 2.68. The molecule has 0 unspecified atom stereocenters. The zero-order valence-corrected chi connectivity index (χ0v) is 12.1. The van der Waals surface area contributed by atoms with Crippen LogP contribution in [0.4, 0.5) is 11.4 Å². The van der Waals surface area contributed by atoms with Crippen molar-refractivity contribution in [2.75, 3.05) is 5.32 Å². The van der Waals surface area contributed by atoms with Crippen molar-refractivity contribution in [3.05, 3.63) is 61.0 Å². The molecule has 0 aliphatic heterocycles. The first-order valence-corrected chi connectivity index (χ1v) is 6.47. The number of hydrogen-bond acceptors (Lipinski definition) is 5. The normalized spacial score (nSPS) is 10.3. The second-order valence-corrected chi connectivity index (χ2v) is 4.87. The van der Waals surface area contributed by atoms with E-state index >= 15 is 0 Å². The number of nitrogens with one attached hydrogen (secondary N) is 1. The number of hydrogen-bond donors (Lipinski definition) is 1. The summed E-state index contributed by atoms with van der Waals surface area (Å²) in [6.45, 7) is 0.356. The van der Waals surface area contributed by atoms with E-state index in [2.05, 4.69) is 26.3 Å². The number of rotatable bonds is 4. The first-order chi connectivity index (χ1) is 9.49. The topological polar surface area (TPSA) is 90.1 Å². The average Bonchev–Trinajstić information content (AvgIpc) is 2.44. The van der Waals surface area contributed by atoms with Gasteiger partial charge < -0.3 is 5.32 Å². The zero-order valence-electron chi connectivity index (χ0n) is 10.5. The van der Waals surface area contributed by atoms with Gasteiger partial charge in [0.2, 0.25) is 0 Å². The lowest BCUT2D eigenvalue weighted by Gasteiger charge is -2.08. The van der Waals surface area contributed by atoms with E-state index in [1.165, 1.54) is 23.0 Å². The van der Waals surface area contributed by atoms with E-state index in [0.717, 1.165) is 5.56 Å². The van der Waals surface area contributed by atoms with Crippen LogP contribution in [0.3, 0.4) is 0 Å². The summed E-state index contributed by atoms with van der Waals surface area (Å²) in [6.07, 6.45) is 1.52. The van der Waals surface area contributed by atoms with Gasteiger partial charge in [-0.3, -0.25) is 14.9 Å². The molecule has 20 heavy (non-hydrogen) atoms. The van der Waals surface area contributed by atoms with Crippen molar-refractivity contribution >= 4 is 27.3 Å². The molecule has 0 bridgehead atoms. The third-order valence-corrected chi connectivity index (χ3v) is 3.45. The minimum Gasteiger partial charge on any atom is -0.379 e. The number of halogens is 1. The Kier molecular flexibility index (Phi) is 4.14. The monoisotopic (exact) mass is 338 g/mol. The first kappa shape index (κ1) is 14.2. The molecule has 7 nitrogen and oxygen atoms in total. The Balaban J connectivity index is 2.17. The maximum absolute atomic E-state index is 11.7. The number of nitro groups is 1. The standard InChI is InChI=1S/C12H11BrN4O3/c1-16-12(18)11(13)10(7-15-16)14-6-8-3-2-4-9(5-8)17(19)20/h2-5,7,14H,6H2,1H3. The molecule has 0 saturated carbocycles. The first-order valence-electron chi connectivity index (χ1n) is 5.68. The van der Waals surface area contributed by atoms with Gasteiger partial charge in [0, 0.05) is 25.7 Å². The molecule has 0 radical (unpaired) electrons. The summed E-state index contributed by atoms with van der Waals surface area (Å²) in [5.74, 6) is 0. The molecule has 0 atom stereocenters. The smallest absolute Gasteiger partial charge is 0.282 e. The summed E-state index contributed by atoms with van der Waals surface area (Å²) in [5, 5.41) is 17.6. The molecule has 0 amide bonds. The molecular formula is C12H11BrN4O3. The predicted octanol–water partition coefficient (Wildman–Crippen LogP) is 2.06. The van der Waals surface area contributed by atoms with E-state index in [0.29, 0.717) is 16.7 Å². The van der Waals surface area contributed by atoms with Crippen LogP contribution in [0.1, 0.15) is 5.56 Å². The van der Waals surface area contributed by atoms with Crippen LogP contribution in [0.15, 0.2) is 39.7 Å². The highest BCUT2D eigenvalue weighted by atomic mass is 79.9. The zero-order chi connectivity index (χ0) is 14.7. The van der Waals surface area contributed by atoms with Crippen molar-refractivity contribution in [1.82, 2.24) is 9.78 Å². The van der Waals surface area contributed by atoms with Crippen LogP contribution in [-0.4, -0.2) is 14.7 Å². The van der Waals surface area contributed by atoms with Gasteiger partial charge in [0.05, 0.1) is 16.8 Å². The molecule has 104 valence electrons. The van der Waals surface area contributed by atoms with Crippen LogP contribution in [0.2, 0.25) is 0 Å². The van der Waals surface area contributed by atoms with Gasteiger partial charge in [-0.25, -0.2) is 4.68 Å². The Morgan fingerprint density at radius 2 is 2.25 bits per heavy atom.